The van der Waals surface area contributed by atoms with E-state index in [2.05, 4.69) is 18.7 Å². The van der Waals surface area contributed by atoms with Crippen molar-refractivity contribution in [2.45, 2.75) is 45.9 Å². The Hall–Kier alpha value is -0.0151. The van der Waals surface area contributed by atoms with Gasteiger partial charge < -0.3 is 9.47 Å². The first kappa shape index (κ1) is 11.1. The average molecular weight is 183 g/mol. The van der Waals surface area contributed by atoms with Crippen molar-refractivity contribution < 1.29 is 4.65 Å². The molecule has 13 heavy (non-hydrogen) atoms. The molecule has 76 valence electrons. The summed E-state index contributed by atoms with van der Waals surface area (Å²) in [4.78, 5) is 2.48. The van der Waals surface area contributed by atoms with Gasteiger partial charge in [-0.3, -0.25) is 0 Å². The first-order valence-electron chi connectivity index (χ1n) is 5.74. The van der Waals surface area contributed by atoms with E-state index in [0.29, 0.717) is 7.05 Å². The number of nitrogens with zero attached hydrogens (tertiary/aromatic N) is 1. The van der Waals surface area contributed by atoms with Crippen molar-refractivity contribution in [3.8, 4) is 0 Å². The Morgan fingerprint density at radius 2 is 2.15 bits per heavy atom. The second-order valence-electron chi connectivity index (χ2n) is 3.86. The maximum Gasteiger partial charge on any atom is 0.382 e. The molecule has 1 heterocycles. The highest BCUT2D eigenvalue weighted by molar-refractivity contribution is 6.49. The number of hydrogen-bond acceptors (Lipinski definition) is 2. The van der Waals surface area contributed by atoms with Crippen molar-refractivity contribution in [2.24, 2.45) is 0 Å². The molecule has 0 aromatic heterocycles. The molecule has 3 heteroatoms. The van der Waals surface area contributed by atoms with Crippen LogP contribution in [0, 0.1) is 0 Å². The van der Waals surface area contributed by atoms with E-state index < -0.39 is 0 Å². The van der Waals surface area contributed by atoms with Crippen LogP contribution in [0.1, 0.15) is 39.5 Å². The normalized spacial score (nSPS) is 18.5. The summed E-state index contributed by atoms with van der Waals surface area (Å²) in [6, 6.07) is 0. The fourth-order valence-electron chi connectivity index (χ4n) is 1.89. The molecule has 0 atom stereocenters. The molecule has 0 aromatic rings. The lowest BCUT2D eigenvalue weighted by Crippen LogP contribution is -2.37. The quantitative estimate of drug-likeness (QED) is 0.463. The monoisotopic (exact) mass is 183 g/mol. The molecule has 0 bridgehead atoms. The van der Waals surface area contributed by atoms with Crippen LogP contribution in [0.4, 0.5) is 0 Å². The lowest BCUT2D eigenvalue weighted by molar-refractivity contribution is 0.270. The summed E-state index contributed by atoms with van der Waals surface area (Å²) in [5.74, 6) is 0. The van der Waals surface area contributed by atoms with Gasteiger partial charge in [0.1, 0.15) is 0 Å². The summed E-state index contributed by atoms with van der Waals surface area (Å²) in [5.41, 5.74) is 0. The van der Waals surface area contributed by atoms with Crippen LogP contribution in [0.25, 0.3) is 0 Å². The molecule has 1 rings (SSSR count). The molecular weight excluding hydrogens is 161 g/mol. The third-order valence-electron chi connectivity index (χ3n) is 2.62. The molecule has 0 aliphatic carbocycles. The van der Waals surface area contributed by atoms with E-state index >= 15 is 0 Å². The maximum atomic E-state index is 5.83. The Balaban J connectivity index is 2.15. The minimum atomic E-state index is 0.437. The van der Waals surface area contributed by atoms with Crippen LogP contribution >= 0.6 is 0 Å². The largest absolute Gasteiger partial charge is 0.421 e. The standard InChI is InChI=1S/C10H22BNO/c1-3-5-10-13-11-7-6-9-12(11)8-4-2/h3-10H2,1-2H3. The van der Waals surface area contributed by atoms with E-state index in [1.807, 2.05) is 0 Å². The van der Waals surface area contributed by atoms with Crippen molar-refractivity contribution in [1.82, 2.24) is 4.81 Å². The Morgan fingerprint density at radius 1 is 1.31 bits per heavy atom. The Bertz CT molecular complexity index is 132. The molecule has 1 aliphatic rings. The van der Waals surface area contributed by atoms with Crippen LogP contribution in [0.15, 0.2) is 0 Å². The van der Waals surface area contributed by atoms with Crippen LogP contribution in [0.2, 0.25) is 6.32 Å². The van der Waals surface area contributed by atoms with Gasteiger partial charge in [0, 0.05) is 6.61 Å². The molecule has 0 radical (unpaired) electrons. The smallest absolute Gasteiger partial charge is 0.382 e. The zero-order valence-electron chi connectivity index (χ0n) is 9.09. The molecule has 0 unspecified atom stereocenters. The van der Waals surface area contributed by atoms with Crippen molar-refractivity contribution >= 4 is 7.05 Å². The summed E-state index contributed by atoms with van der Waals surface area (Å²) in [7, 11) is 0.437. The van der Waals surface area contributed by atoms with E-state index in [-0.39, 0.29) is 0 Å². The lowest BCUT2D eigenvalue weighted by Gasteiger charge is -2.20. The second-order valence-corrected chi connectivity index (χ2v) is 3.86. The fraction of sp³-hybridized carbons (Fsp3) is 1.00. The molecule has 1 saturated heterocycles. The fourth-order valence-corrected chi connectivity index (χ4v) is 1.89. The summed E-state index contributed by atoms with van der Waals surface area (Å²) >= 11 is 0. The molecule has 0 saturated carbocycles. The van der Waals surface area contributed by atoms with Gasteiger partial charge in [-0.2, -0.15) is 0 Å². The van der Waals surface area contributed by atoms with E-state index in [9.17, 15) is 0 Å². The van der Waals surface area contributed by atoms with Gasteiger partial charge in [0.25, 0.3) is 0 Å². The minimum Gasteiger partial charge on any atom is -0.421 e. The van der Waals surface area contributed by atoms with E-state index in [1.54, 1.807) is 0 Å². The molecule has 0 spiro atoms. The van der Waals surface area contributed by atoms with E-state index in [4.69, 9.17) is 4.65 Å². The molecule has 0 N–H and O–H groups in total. The van der Waals surface area contributed by atoms with Crippen LogP contribution in [-0.4, -0.2) is 31.6 Å². The zero-order valence-corrected chi connectivity index (χ0v) is 9.09. The van der Waals surface area contributed by atoms with Crippen LogP contribution < -0.4 is 0 Å². The van der Waals surface area contributed by atoms with Gasteiger partial charge >= 0.3 is 7.05 Å². The Labute approximate surface area is 82.8 Å². The van der Waals surface area contributed by atoms with Crippen LogP contribution in [0.3, 0.4) is 0 Å². The first-order chi connectivity index (χ1) is 6.38. The zero-order chi connectivity index (χ0) is 9.52. The number of rotatable bonds is 6. The van der Waals surface area contributed by atoms with Crippen LogP contribution in [0.5, 0.6) is 0 Å². The molecule has 1 aliphatic heterocycles. The van der Waals surface area contributed by atoms with Gasteiger partial charge in [-0.1, -0.05) is 20.3 Å². The molecule has 0 amide bonds. The highest BCUT2D eigenvalue weighted by Crippen LogP contribution is 2.16. The SMILES string of the molecule is CCCCOB1CCCN1CCC. The molecule has 0 aromatic carbocycles. The topological polar surface area (TPSA) is 12.5 Å². The van der Waals surface area contributed by atoms with Crippen molar-refractivity contribution in [3.05, 3.63) is 0 Å². The summed E-state index contributed by atoms with van der Waals surface area (Å²) < 4.78 is 5.83. The van der Waals surface area contributed by atoms with Gasteiger partial charge in [0.2, 0.25) is 0 Å². The van der Waals surface area contributed by atoms with Gasteiger partial charge in [-0.25, -0.2) is 0 Å². The number of unbranched alkanes of at least 4 members (excludes halogenated alkanes) is 1. The third-order valence-corrected chi connectivity index (χ3v) is 2.62. The average Bonchev–Trinajstić information content (AvgIpc) is 2.54. The molecule has 2 nitrogen and oxygen atoms in total. The third kappa shape index (κ3) is 3.69. The van der Waals surface area contributed by atoms with Gasteiger partial charge in [-0.15, -0.1) is 0 Å². The van der Waals surface area contributed by atoms with Gasteiger partial charge in [-0.05, 0) is 38.7 Å². The Kier molecular flexibility index (Phi) is 5.48. The first-order valence-corrected chi connectivity index (χ1v) is 5.74. The number of hydrogen-bond donors (Lipinski definition) is 0. The van der Waals surface area contributed by atoms with E-state index in [0.717, 1.165) is 6.61 Å². The van der Waals surface area contributed by atoms with Crippen molar-refractivity contribution in [1.29, 1.82) is 0 Å². The summed E-state index contributed by atoms with van der Waals surface area (Å²) in [5, 5.41) is 0. The summed E-state index contributed by atoms with van der Waals surface area (Å²) in [6.45, 7) is 7.84. The lowest BCUT2D eigenvalue weighted by atomic mass is 9.79. The molecular formula is C10H22BNO. The second kappa shape index (κ2) is 6.44. The molecule has 1 fully saturated rings. The minimum absolute atomic E-state index is 0.437. The van der Waals surface area contributed by atoms with Gasteiger partial charge in [0.05, 0.1) is 0 Å². The summed E-state index contributed by atoms with van der Waals surface area (Å²) in [6.07, 6.45) is 6.24. The van der Waals surface area contributed by atoms with Crippen molar-refractivity contribution in [3.63, 3.8) is 0 Å². The predicted octanol–water partition coefficient (Wildman–Crippen LogP) is 2.41. The van der Waals surface area contributed by atoms with E-state index in [1.165, 1.54) is 45.1 Å². The van der Waals surface area contributed by atoms with Gasteiger partial charge in [0.15, 0.2) is 0 Å². The maximum absolute atomic E-state index is 5.83. The highest BCUT2D eigenvalue weighted by atomic mass is 16.4. The Morgan fingerprint density at radius 3 is 2.85 bits per heavy atom. The predicted molar refractivity (Wildman–Crippen MR) is 57.9 cm³/mol. The van der Waals surface area contributed by atoms with Crippen molar-refractivity contribution in [2.75, 3.05) is 19.7 Å². The highest BCUT2D eigenvalue weighted by Gasteiger charge is 2.29. The van der Waals surface area contributed by atoms with Crippen LogP contribution in [-0.2, 0) is 4.65 Å².